The summed E-state index contributed by atoms with van der Waals surface area (Å²) < 4.78 is 0.948. The van der Waals surface area contributed by atoms with E-state index in [4.69, 9.17) is 23.2 Å². The van der Waals surface area contributed by atoms with Gasteiger partial charge >= 0.3 is 0 Å². The molecule has 0 bridgehead atoms. The lowest BCUT2D eigenvalue weighted by molar-refractivity contribution is 1.16. The van der Waals surface area contributed by atoms with E-state index in [1.807, 2.05) is 31.2 Å². The summed E-state index contributed by atoms with van der Waals surface area (Å²) in [4.78, 5) is 4.49. The fraction of sp³-hybridized carbons (Fsp3) is 0.154. The standard InChI is InChI=1S/C13H11BrCl2N2/c1-2-17-13-11(16)7-10(15)12(18-13)8-5-3-4-6-9(8)14/h3-7H,2H2,1H3,(H,17,18). The highest BCUT2D eigenvalue weighted by molar-refractivity contribution is 9.10. The minimum absolute atomic E-state index is 0.526. The zero-order valence-electron chi connectivity index (χ0n) is 9.67. The molecule has 0 amide bonds. The van der Waals surface area contributed by atoms with Gasteiger partial charge < -0.3 is 5.32 Å². The van der Waals surface area contributed by atoms with E-state index >= 15 is 0 Å². The lowest BCUT2D eigenvalue weighted by Crippen LogP contribution is -2.01. The van der Waals surface area contributed by atoms with Gasteiger partial charge in [0.05, 0.1) is 15.7 Å². The maximum Gasteiger partial charge on any atom is 0.145 e. The highest BCUT2D eigenvalue weighted by Crippen LogP contribution is 2.35. The Kier molecular flexibility index (Phi) is 4.49. The molecule has 0 unspecified atom stereocenters. The lowest BCUT2D eigenvalue weighted by atomic mass is 10.1. The summed E-state index contributed by atoms with van der Waals surface area (Å²) in [7, 11) is 0. The van der Waals surface area contributed by atoms with Gasteiger partial charge in [-0.3, -0.25) is 0 Å². The number of anilines is 1. The molecule has 0 aliphatic heterocycles. The summed E-state index contributed by atoms with van der Waals surface area (Å²) in [6, 6.07) is 9.52. The van der Waals surface area contributed by atoms with Crippen molar-refractivity contribution in [3.05, 3.63) is 44.8 Å². The highest BCUT2D eigenvalue weighted by atomic mass is 79.9. The van der Waals surface area contributed by atoms with Gasteiger partial charge in [-0.2, -0.15) is 0 Å². The molecule has 0 aliphatic rings. The molecular formula is C13H11BrCl2N2. The summed E-state index contributed by atoms with van der Waals surface area (Å²) in [5.74, 6) is 0.648. The fourth-order valence-electron chi connectivity index (χ4n) is 1.60. The van der Waals surface area contributed by atoms with Crippen molar-refractivity contribution >= 4 is 44.9 Å². The van der Waals surface area contributed by atoms with Crippen LogP contribution in [0, 0.1) is 0 Å². The number of nitrogens with one attached hydrogen (secondary N) is 1. The first-order valence-electron chi connectivity index (χ1n) is 5.48. The summed E-state index contributed by atoms with van der Waals surface area (Å²) in [5.41, 5.74) is 1.66. The Morgan fingerprint density at radius 2 is 1.94 bits per heavy atom. The SMILES string of the molecule is CCNc1nc(-c2ccccc2Br)c(Cl)cc1Cl. The first-order valence-corrected chi connectivity index (χ1v) is 7.03. The summed E-state index contributed by atoms with van der Waals surface area (Å²) in [5, 5.41) is 4.18. The van der Waals surface area contributed by atoms with E-state index in [9.17, 15) is 0 Å². The van der Waals surface area contributed by atoms with Crippen LogP contribution in [0.25, 0.3) is 11.3 Å². The number of pyridine rings is 1. The van der Waals surface area contributed by atoms with Crippen LogP contribution in [-0.4, -0.2) is 11.5 Å². The third-order valence-corrected chi connectivity index (χ3v) is 3.67. The van der Waals surface area contributed by atoms with Crippen LogP contribution in [0.5, 0.6) is 0 Å². The van der Waals surface area contributed by atoms with Gasteiger partial charge in [-0.05, 0) is 19.1 Å². The van der Waals surface area contributed by atoms with Crippen molar-refractivity contribution in [2.24, 2.45) is 0 Å². The third-order valence-electron chi connectivity index (χ3n) is 2.40. The van der Waals surface area contributed by atoms with Gasteiger partial charge in [-0.1, -0.05) is 57.3 Å². The molecular weight excluding hydrogens is 335 g/mol. The largest absolute Gasteiger partial charge is 0.369 e. The molecule has 18 heavy (non-hydrogen) atoms. The van der Waals surface area contributed by atoms with E-state index in [2.05, 4.69) is 26.2 Å². The number of hydrogen-bond acceptors (Lipinski definition) is 2. The van der Waals surface area contributed by atoms with Crippen molar-refractivity contribution in [1.29, 1.82) is 0 Å². The van der Waals surface area contributed by atoms with Crippen LogP contribution in [0.1, 0.15) is 6.92 Å². The number of hydrogen-bond donors (Lipinski definition) is 1. The normalized spacial score (nSPS) is 10.4. The number of benzene rings is 1. The molecule has 1 N–H and O–H groups in total. The molecule has 2 rings (SSSR count). The zero-order chi connectivity index (χ0) is 13.1. The Bertz CT molecular complexity index is 573. The molecule has 1 aromatic heterocycles. The summed E-state index contributed by atoms with van der Waals surface area (Å²) in [6.45, 7) is 2.74. The molecule has 1 heterocycles. The molecule has 0 fully saturated rings. The van der Waals surface area contributed by atoms with Gasteiger partial charge in [0.2, 0.25) is 0 Å². The maximum absolute atomic E-state index is 6.21. The van der Waals surface area contributed by atoms with Crippen molar-refractivity contribution in [3.8, 4) is 11.3 Å². The minimum atomic E-state index is 0.526. The number of halogens is 3. The van der Waals surface area contributed by atoms with Gasteiger partial charge in [0.25, 0.3) is 0 Å². The molecule has 0 aliphatic carbocycles. The Morgan fingerprint density at radius 1 is 1.22 bits per heavy atom. The van der Waals surface area contributed by atoms with Crippen LogP contribution >= 0.6 is 39.1 Å². The van der Waals surface area contributed by atoms with E-state index in [-0.39, 0.29) is 0 Å². The van der Waals surface area contributed by atoms with E-state index in [1.54, 1.807) is 6.07 Å². The van der Waals surface area contributed by atoms with Gasteiger partial charge in [-0.15, -0.1) is 0 Å². The Morgan fingerprint density at radius 3 is 2.61 bits per heavy atom. The topological polar surface area (TPSA) is 24.9 Å². The second-order valence-corrected chi connectivity index (χ2v) is 5.33. The molecule has 0 radical (unpaired) electrons. The van der Waals surface area contributed by atoms with Crippen LogP contribution in [0.3, 0.4) is 0 Å². The third kappa shape index (κ3) is 2.79. The van der Waals surface area contributed by atoms with Crippen molar-refractivity contribution < 1.29 is 0 Å². The average molecular weight is 346 g/mol. The van der Waals surface area contributed by atoms with Gasteiger partial charge in [0.15, 0.2) is 0 Å². The van der Waals surface area contributed by atoms with Crippen molar-refractivity contribution in [1.82, 2.24) is 4.98 Å². The summed E-state index contributed by atoms with van der Waals surface area (Å²) in [6.07, 6.45) is 0. The van der Waals surface area contributed by atoms with Crippen LogP contribution in [0.2, 0.25) is 10.0 Å². The zero-order valence-corrected chi connectivity index (χ0v) is 12.8. The van der Waals surface area contributed by atoms with Crippen molar-refractivity contribution in [2.45, 2.75) is 6.92 Å². The molecule has 0 saturated heterocycles. The van der Waals surface area contributed by atoms with Crippen LogP contribution in [0.4, 0.5) is 5.82 Å². The molecule has 2 aromatic rings. The quantitative estimate of drug-likeness (QED) is 0.821. The van der Waals surface area contributed by atoms with E-state index in [1.165, 1.54) is 0 Å². The van der Waals surface area contributed by atoms with Crippen molar-refractivity contribution in [2.75, 3.05) is 11.9 Å². The second kappa shape index (κ2) is 5.91. The number of rotatable bonds is 3. The number of nitrogens with zero attached hydrogens (tertiary/aromatic N) is 1. The van der Waals surface area contributed by atoms with E-state index in [0.29, 0.717) is 21.6 Å². The van der Waals surface area contributed by atoms with Crippen LogP contribution in [0.15, 0.2) is 34.8 Å². The van der Waals surface area contributed by atoms with Crippen LogP contribution < -0.4 is 5.32 Å². The first kappa shape index (κ1) is 13.7. The van der Waals surface area contributed by atoms with Crippen LogP contribution in [-0.2, 0) is 0 Å². The molecule has 0 saturated carbocycles. The highest BCUT2D eigenvalue weighted by Gasteiger charge is 2.12. The predicted octanol–water partition coefficient (Wildman–Crippen LogP) is 5.25. The second-order valence-electron chi connectivity index (χ2n) is 3.66. The molecule has 5 heteroatoms. The Labute approximate surface area is 124 Å². The average Bonchev–Trinajstić information content (AvgIpc) is 2.34. The Hall–Kier alpha value is -0.770. The Balaban J connectivity index is 2.57. The minimum Gasteiger partial charge on any atom is -0.369 e. The van der Waals surface area contributed by atoms with E-state index in [0.717, 1.165) is 16.6 Å². The molecule has 94 valence electrons. The maximum atomic E-state index is 6.21. The van der Waals surface area contributed by atoms with Gasteiger partial charge in [0, 0.05) is 16.6 Å². The summed E-state index contributed by atoms with van der Waals surface area (Å²) >= 11 is 15.8. The monoisotopic (exact) mass is 344 g/mol. The predicted molar refractivity (Wildman–Crippen MR) is 81.6 cm³/mol. The number of aromatic nitrogens is 1. The molecule has 1 aromatic carbocycles. The lowest BCUT2D eigenvalue weighted by Gasteiger charge is -2.11. The molecule has 2 nitrogen and oxygen atoms in total. The van der Waals surface area contributed by atoms with E-state index < -0.39 is 0 Å². The van der Waals surface area contributed by atoms with Crippen molar-refractivity contribution in [3.63, 3.8) is 0 Å². The molecule has 0 spiro atoms. The molecule has 0 atom stereocenters. The smallest absolute Gasteiger partial charge is 0.145 e. The fourth-order valence-corrected chi connectivity index (χ4v) is 2.60. The van der Waals surface area contributed by atoms with Gasteiger partial charge in [-0.25, -0.2) is 4.98 Å². The van der Waals surface area contributed by atoms with Gasteiger partial charge in [0.1, 0.15) is 5.82 Å². The first-order chi connectivity index (χ1) is 8.63.